The van der Waals surface area contributed by atoms with Crippen molar-refractivity contribution in [2.24, 2.45) is 0 Å². The Hall–Kier alpha value is -2.54. The molecule has 0 atom stereocenters. The lowest BCUT2D eigenvalue weighted by Gasteiger charge is -2.14. The van der Waals surface area contributed by atoms with Crippen molar-refractivity contribution in [3.05, 3.63) is 59.4 Å². The Morgan fingerprint density at radius 3 is 2.65 bits per heavy atom. The summed E-state index contributed by atoms with van der Waals surface area (Å²) in [6, 6.07) is 14.1. The summed E-state index contributed by atoms with van der Waals surface area (Å²) in [7, 11) is 3.88. The number of ether oxygens (including phenoxy) is 1. The van der Waals surface area contributed by atoms with Gasteiger partial charge in [-0.05, 0) is 18.2 Å². The second-order valence-corrected chi connectivity index (χ2v) is 4.57. The van der Waals surface area contributed by atoms with Gasteiger partial charge in [-0.1, -0.05) is 18.2 Å². The van der Waals surface area contributed by atoms with Crippen LogP contribution in [0.2, 0.25) is 0 Å². The van der Waals surface area contributed by atoms with Crippen LogP contribution in [0, 0.1) is 17.1 Å². The van der Waals surface area contributed by atoms with Crippen LogP contribution in [0.4, 0.5) is 10.1 Å². The molecular weight excluding hydrogens is 255 g/mol. The van der Waals surface area contributed by atoms with Crippen LogP contribution in [-0.2, 0) is 6.61 Å². The zero-order valence-electron chi connectivity index (χ0n) is 11.4. The maximum Gasteiger partial charge on any atom is 0.147 e. The van der Waals surface area contributed by atoms with Gasteiger partial charge in [-0.25, -0.2) is 4.39 Å². The normalized spacial score (nSPS) is 9.90. The van der Waals surface area contributed by atoms with Crippen LogP contribution < -0.4 is 9.64 Å². The van der Waals surface area contributed by atoms with Crippen molar-refractivity contribution in [1.29, 1.82) is 5.26 Å². The van der Waals surface area contributed by atoms with Gasteiger partial charge in [-0.15, -0.1) is 0 Å². The molecule has 0 heterocycles. The molecule has 0 spiro atoms. The van der Waals surface area contributed by atoms with E-state index in [1.165, 1.54) is 6.07 Å². The quantitative estimate of drug-likeness (QED) is 0.855. The first kappa shape index (κ1) is 13.9. The van der Waals surface area contributed by atoms with Gasteiger partial charge < -0.3 is 9.64 Å². The van der Waals surface area contributed by atoms with Gasteiger partial charge in [0.1, 0.15) is 24.2 Å². The fourth-order valence-electron chi connectivity index (χ4n) is 1.79. The molecule has 2 aromatic carbocycles. The number of rotatable bonds is 4. The minimum Gasteiger partial charge on any atom is -0.489 e. The zero-order chi connectivity index (χ0) is 14.5. The van der Waals surface area contributed by atoms with E-state index in [2.05, 4.69) is 0 Å². The second kappa shape index (κ2) is 6.07. The summed E-state index contributed by atoms with van der Waals surface area (Å²) in [5.74, 6) is 0.150. The molecule has 102 valence electrons. The van der Waals surface area contributed by atoms with Gasteiger partial charge in [-0.3, -0.25) is 0 Å². The predicted octanol–water partition coefficient (Wildman–Crippen LogP) is 3.34. The molecule has 0 aromatic heterocycles. The Kier molecular flexibility index (Phi) is 4.21. The highest BCUT2D eigenvalue weighted by molar-refractivity contribution is 5.49. The Morgan fingerprint density at radius 1 is 1.20 bits per heavy atom. The van der Waals surface area contributed by atoms with Gasteiger partial charge in [0, 0.05) is 31.4 Å². The van der Waals surface area contributed by atoms with Crippen molar-refractivity contribution in [2.75, 3.05) is 19.0 Å². The van der Waals surface area contributed by atoms with Gasteiger partial charge in [0.05, 0.1) is 5.56 Å². The van der Waals surface area contributed by atoms with Gasteiger partial charge in [-0.2, -0.15) is 5.26 Å². The standard InChI is InChI=1S/C16H15FN2O/c1-19(2)14-7-4-8-15(9-14)20-11-13-6-3-5-12(10-18)16(13)17/h3-9H,11H2,1-2H3. The summed E-state index contributed by atoms with van der Waals surface area (Å²) in [5.41, 5.74) is 1.42. The Labute approximate surface area is 117 Å². The van der Waals surface area contributed by atoms with E-state index in [4.69, 9.17) is 10.00 Å². The molecule has 0 unspecified atom stereocenters. The SMILES string of the molecule is CN(C)c1cccc(OCc2cccc(C#N)c2F)c1. The van der Waals surface area contributed by atoms with Crippen LogP contribution >= 0.6 is 0 Å². The fraction of sp³-hybridized carbons (Fsp3) is 0.188. The van der Waals surface area contributed by atoms with Crippen molar-refractivity contribution >= 4 is 5.69 Å². The van der Waals surface area contributed by atoms with Gasteiger partial charge >= 0.3 is 0 Å². The highest BCUT2D eigenvalue weighted by atomic mass is 19.1. The molecule has 0 radical (unpaired) electrons. The number of halogens is 1. The monoisotopic (exact) mass is 270 g/mol. The highest BCUT2D eigenvalue weighted by Gasteiger charge is 2.08. The molecular formula is C16H15FN2O. The second-order valence-electron chi connectivity index (χ2n) is 4.57. The molecule has 0 saturated heterocycles. The van der Waals surface area contributed by atoms with E-state index < -0.39 is 5.82 Å². The van der Waals surface area contributed by atoms with Crippen molar-refractivity contribution in [1.82, 2.24) is 0 Å². The van der Waals surface area contributed by atoms with Gasteiger partial charge in [0.15, 0.2) is 0 Å². The molecule has 0 aliphatic carbocycles. The maximum atomic E-state index is 13.9. The Balaban J connectivity index is 2.13. The molecule has 0 bridgehead atoms. The first-order valence-electron chi connectivity index (χ1n) is 6.19. The molecule has 3 nitrogen and oxygen atoms in total. The third-order valence-electron chi connectivity index (χ3n) is 2.93. The third-order valence-corrected chi connectivity index (χ3v) is 2.93. The lowest BCUT2D eigenvalue weighted by molar-refractivity contribution is 0.300. The predicted molar refractivity (Wildman–Crippen MR) is 76.2 cm³/mol. The van der Waals surface area contributed by atoms with Crippen molar-refractivity contribution in [3.8, 4) is 11.8 Å². The van der Waals surface area contributed by atoms with Crippen LogP contribution in [0.15, 0.2) is 42.5 Å². The van der Waals surface area contributed by atoms with Crippen molar-refractivity contribution in [2.45, 2.75) is 6.61 Å². The van der Waals surface area contributed by atoms with E-state index in [1.807, 2.05) is 49.3 Å². The average molecular weight is 270 g/mol. The van der Waals surface area contributed by atoms with E-state index in [0.29, 0.717) is 11.3 Å². The molecule has 2 rings (SSSR count). The van der Waals surface area contributed by atoms with E-state index in [0.717, 1.165) is 5.69 Å². The number of anilines is 1. The van der Waals surface area contributed by atoms with Crippen LogP contribution in [0.3, 0.4) is 0 Å². The summed E-state index contributed by atoms with van der Waals surface area (Å²) in [6.07, 6.45) is 0. The first-order chi connectivity index (χ1) is 9.61. The summed E-state index contributed by atoms with van der Waals surface area (Å²) in [5, 5.41) is 8.79. The Bertz CT molecular complexity index is 647. The molecule has 0 saturated carbocycles. The number of benzene rings is 2. The number of nitriles is 1. The largest absolute Gasteiger partial charge is 0.489 e. The van der Waals surface area contributed by atoms with E-state index in [1.54, 1.807) is 12.1 Å². The lowest BCUT2D eigenvalue weighted by Crippen LogP contribution is -2.08. The molecule has 4 heteroatoms. The van der Waals surface area contributed by atoms with E-state index in [-0.39, 0.29) is 12.2 Å². The van der Waals surface area contributed by atoms with Crippen LogP contribution in [0.1, 0.15) is 11.1 Å². The minimum absolute atomic E-state index is 0.0353. The smallest absolute Gasteiger partial charge is 0.147 e. The average Bonchev–Trinajstić information content (AvgIpc) is 2.46. The van der Waals surface area contributed by atoms with E-state index >= 15 is 0 Å². The number of hydrogen-bond acceptors (Lipinski definition) is 3. The van der Waals surface area contributed by atoms with Crippen LogP contribution in [-0.4, -0.2) is 14.1 Å². The van der Waals surface area contributed by atoms with Gasteiger partial charge in [0.2, 0.25) is 0 Å². The molecule has 0 fully saturated rings. The fourth-order valence-corrected chi connectivity index (χ4v) is 1.79. The molecule has 0 amide bonds. The summed E-state index contributed by atoms with van der Waals surface area (Å²) >= 11 is 0. The minimum atomic E-state index is -0.515. The van der Waals surface area contributed by atoms with Crippen LogP contribution in [0.25, 0.3) is 0 Å². The van der Waals surface area contributed by atoms with Crippen LogP contribution in [0.5, 0.6) is 5.75 Å². The van der Waals surface area contributed by atoms with Gasteiger partial charge in [0.25, 0.3) is 0 Å². The third kappa shape index (κ3) is 3.07. The zero-order valence-corrected chi connectivity index (χ0v) is 11.4. The molecule has 20 heavy (non-hydrogen) atoms. The highest BCUT2D eigenvalue weighted by Crippen LogP contribution is 2.21. The van der Waals surface area contributed by atoms with Crippen molar-refractivity contribution < 1.29 is 9.13 Å². The first-order valence-corrected chi connectivity index (χ1v) is 6.19. The van der Waals surface area contributed by atoms with E-state index in [9.17, 15) is 4.39 Å². The summed E-state index contributed by atoms with van der Waals surface area (Å²) in [4.78, 5) is 1.96. The lowest BCUT2D eigenvalue weighted by atomic mass is 10.1. The van der Waals surface area contributed by atoms with Crippen molar-refractivity contribution in [3.63, 3.8) is 0 Å². The molecule has 0 N–H and O–H groups in total. The molecule has 0 aliphatic heterocycles. The topological polar surface area (TPSA) is 36.3 Å². The Morgan fingerprint density at radius 2 is 1.95 bits per heavy atom. The number of hydrogen-bond donors (Lipinski definition) is 0. The maximum absolute atomic E-state index is 13.9. The molecule has 0 aliphatic rings. The summed E-state index contributed by atoms with van der Waals surface area (Å²) in [6.45, 7) is 0.0955. The number of nitrogens with zero attached hydrogens (tertiary/aromatic N) is 2. The summed E-state index contributed by atoms with van der Waals surface area (Å²) < 4.78 is 19.5. The molecule has 2 aromatic rings.